The molecular formula is C10H10Cl2N6. The average molecular weight is 285 g/mol. The molecule has 94 valence electrons. The molecule has 4 N–H and O–H groups in total. The summed E-state index contributed by atoms with van der Waals surface area (Å²) in [5.74, 6) is 0.534. The maximum atomic E-state index is 5.95. The van der Waals surface area contributed by atoms with E-state index in [1.807, 2.05) is 0 Å². The van der Waals surface area contributed by atoms with Gasteiger partial charge in [-0.3, -0.25) is 0 Å². The zero-order valence-corrected chi connectivity index (χ0v) is 10.9. The van der Waals surface area contributed by atoms with Crippen LogP contribution in [-0.4, -0.2) is 9.78 Å². The van der Waals surface area contributed by atoms with E-state index in [9.17, 15) is 0 Å². The lowest BCUT2D eigenvalue weighted by Gasteiger charge is -1.97. The number of azo groups is 1. The first-order chi connectivity index (χ1) is 8.49. The van der Waals surface area contributed by atoms with Crippen molar-refractivity contribution in [2.45, 2.75) is 0 Å². The van der Waals surface area contributed by atoms with Gasteiger partial charge in [0.1, 0.15) is 5.69 Å². The third-order valence-corrected chi connectivity index (χ3v) is 2.81. The highest BCUT2D eigenvalue weighted by Gasteiger charge is 2.10. The largest absolute Gasteiger partial charge is 0.382 e. The first-order valence-corrected chi connectivity index (χ1v) is 5.69. The molecule has 0 aliphatic heterocycles. The second-order valence-corrected chi connectivity index (χ2v) is 4.38. The molecule has 1 heterocycles. The highest BCUT2D eigenvalue weighted by atomic mass is 35.5. The molecule has 0 aliphatic carbocycles. The van der Waals surface area contributed by atoms with Gasteiger partial charge in [-0.1, -0.05) is 23.2 Å². The summed E-state index contributed by atoms with van der Waals surface area (Å²) in [4.78, 5) is 0. The molecule has 2 aromatic rings. The molecule has 0 atom stereocenters. The number of nitrogens with two attached hydrogens (primary N) is 2. The van der Waals surface area contributed by atoms with Gasteiger partial charge < -0.3 is 11.5 Å². The fourth-order valence-corrected chi connectivity index (χ4v) is 1.64. The van der Waals surface area contributed by atoms with Crippen LogP contribution in [0, 0.1) is 0 Å². The van der Waals surface area contributed by atoms with Crippen LogP contribution in [0.1, 0.15) is 0 Å². The van der Waals surface area contributed by atoms with E-state index in [1.165, 1.54) is 4.68 Å². The predicted octanol–water partition coefficient (Wildman–Crippen LogP) is 3.31. The van der Waals surface area contributed by atoms with Gasteiger partial charge in [-0.05, 0) is 18.2 Å². The van der Waals surface area contributed by atoms with Gasteiger partial charge >= 0.3 is 0 Å². The summed E-state index contributed by atoms with van der Waals surface area (Å²) in [7, 11) is 1.66. The highest BCUT2D eigenvalue weighted by Crippen LogP contribution is 2.33. The molecule has 0 fully saturated rings. The third kappa shape index (κ3) is 2.39. The minimum absolute atomic E-state index is 0.205. The van der Waals surface area contributed by atoms with Gasteiger partial charge in [-0.15, -0.1) is 10.2 Å². The molecule has 0 saturated heterocycles. The minimum Gasteiger partial charge on any atom is -0.382 e. The number of halogens is 2. The number of benzene rings is 1. The van der Waals surface area contributed by atoms with E-state index in [-0.39, 0.29) is 5.82 Å². The van der Waals surface area contributed by atoms with Crippen molar-refractivity contribution >= 4 is 46.2 Å². The van der Waals surface area contributed by atoms with E-state index in [1.54, 1.807) is 25.2 Å². The summed E-state index contributed by atoms with van der Waals surface area (Å²) in [6.07, 6.45) is 0. The lowest BCUT2D eigenvalue weighted by Crippen LogP contribution is -1.97. The Kier molecular flexibility index (Phi) is 3.40. The standard InChI is InChI=1S/C10H10Cl2N6/c1-18-10(14)8(9(13)17-18)16-15-7-4-5(11)2-3-6(7)12/h2-4H,14H2,1H3,(H2,13,17). The molecular weight excluding hydrogens is 275 g/mol. The Bertz CT molecular complexity index is 619. The maximum Gasteiger partial charge on any atom is 0.175 e. The van der Waals surface area contributed by atoms with Crippen LogP contribution in [0.15, 0.2) is 28.4 Å². The van der Waals surface area contributed by atoms with Crippen LogP contribution in [0.4, 0.5) is 23.0 Å². The molecule has 2 rings (SSSR count). The van der Waals surface area contributed by atoms with Crippen molar-refractivity contribution in [2.75, 3.05) is 11.5 Å². The summed E-state index contributed by atoms with van der Waals surface area (Å²) in [6.45, 7) is 0. The van der Waals surface area contributed by atoms with Gasteiger partial charge in [0.05, 0.1) is 5.02 Å². The number of hydrogen-bond donors (Lipinski definition) is 2. The summed E-state index contributed by atoms with van der Waals surface area (Å²) < 4.78 is 1.42. The van der Waals surface area contributed by atoms with Crippen LogP contribution in [0.25, 0.3) is 0 Å². The van der Waals surface area contributed by atoms with Crippen molar-refractivity contribution in [1.82, 2.24) is 9.78 Å². The Balaban J connectivity index is 2.38. The number of nitrogens with zero attached hydrogens (tertiary/aromatic N) is 4. The molecule has 6 nitrogen and oxygen atoms in total. The molecule has 1 aromatic heterocycles. The molecule has 1 aromatic carbocycles. The quantitative estimate of drug-likeness (QED) is 0.828. The van der Waals surface area contributed by atoms with Crippen LogP contribution >= 0.6 is 23.2 Å². The van der Waals surface area contributed by atoms with Crippen LogP contribution in [0.3, 0.4) is 0 Å². The van der Waals surface area contributed by atoms with Crippen LogP contribution in [0.2, 0.25) is 10.0 Å². The molecule has 0 saturated carbocycles. The normalized spacial score (nSPS) is 11.3. The molecule has 0 radical (unpaired) electrons. The number of anilines is 2. The average Bonchev–Trinajstić information content (AvgIpc) is 2.55. The number of hydrogen-bond acceptors (Lipinski definition) is 5. The van der Waals surface area contributed by atoms with E-state index in [0.29, 0.717) is 27.2 Å². The first kappa shape index (κ1) is 12.7. The molecule has 0 amide bonds. The predicted molar refractivity (Wildman–Crippen MR) is 72.7 cm³/mol. The SMILES string of the molecule is Cn1nc(N)c(N=Nc2cc(Cl)ccc2Cl)c1N. The van der Waals surface area contributed by atoms with Crippen molar-refractivity contribution in [3.8, 4) is 0 Å². The summed E-state index contributed by atoms with van der Waals surface area (Å²) in [5, 5.41) is 12.8. The Morgan fingerprint density at radius 2 is 1.94 bits per heavy atom. The Labute approximate surface area is 113 Å². The fraction of sp³-hybridized carbons (Fsp3) is 0.100. The van der Waals surface area contributed by atoms with E-state index in [2.05, 4.69) is 15.3 Å². The zero-order chi connectivity index (χ0) is 13.3. The second-order valence-electron chi connectivity index (χ2n) is 3.54. The molecule has 0 bridgehead atoms. The van der Waals surface area contributed by atoms with Gasteiger partial charge in [-0.2, -0.15) is 5.10 Å². The van der Waals surface area contributed by atoms with Gasteiger partial charge in [0.15, 0.2) is 17.3 Å². The second kappa shape index (κ2) is 4.83. The van der Waals surface area contributed by atoms with Crippen LogP contribution in [0.5, 0.6) is 0 Å². The van der Waals surface area contributed by atoms with E-state index >= 15 is 0 Å². The molecule has 0 aliphatic rings. The summed E-state index contributed by atoms with van der Waals surface area (Å²) in [6, 6.07) is 4.89. The smallest absolute Gasteiger partial charge is 0.175 e. The summed E-state index contributed by atoms with van der Waals surface area (Å²) in [5.41, 5.74) is 12.1. The highest BCUT2D eigenvalue weighted by molar-refractivity contribution is 6.35. The Morgan fingerprint density at radius 3 is 2.56 bits per heavy atom. The third-order valence-electron chi connectivity index (χ3n) is 2.26. The first-order valence-electron chi connectivity index (χ1n) is 4.93. The van der Waals surface area contributed by atoms with Gasteiger partial charge in [0.2, 0.25) is 0 Å². The van der Waals surface area contributed by atoms with Gasteiger partial charge in [0, 0.05) is 12.1 Å². The summed E-state index contributed by atoms with van der Waals surface area (Å²) >= 11 is 11.8. The zero-order valence-electron chi connectivity index (χ0n) is 9.43. The van der Waals surface area contributed by atoms with Crippen LogP contribution in [-0.2, 0) is 7.05 Å². The lowest BCUT2D eigenvalue weighted by atomic mass is 10.3. The Hall–Kier alpha value is -1.79. The number of nitrogen functional groups attached to an aromatic ring is 2. The van der Waals surface area contributed by atoms with Crippen molar-refractivity contribution in [3.05, 3.63) is 28.2 Å². The van der Waals surface area contributed by atoms with Crippen molar-refractivity contribution in [1.29, 1.82) is 0 Å². The monoisotopic (exact) mass is 284 g/mol. The topological polar surface area (TPSA) is 94.6 Å². The molecule has 18 heavy (non-hydrogen) atoms. The van der Waals surface area contributed by atoms with Crippen molar-refractivity contribution in [3.63, 3.8) is 0 Å². The number of aromatic nitrogens is 2. The van der Waals surface area contributed by atoms with Gasteiger partial charge in [0.25, 0.3) is 0 Å². The Morgan fingerprint density at radius 1 is 1.22 bits per heavy atom. The van der Waals surface area contributed by atoms with Crippen molar-refractivity contribution < 1.29 is 0 Å². The lowest BCUT2D eigenvalue weighted by molar-refractivity contribution is 0.783. The molecule has 0 spiro atoms. The molecule has 0 unspecified atom stereocenters. The van der Waals surface area contributed by atoms with Gasteiger partial charge in [-0.25, -0.2) is 4.68 Å². The fourth-order valence-electron chi connectivity index (χ4n) is 1.32. The number of aryl methyl sites for hydroxylation is 1. The number of rotatable bonds is 2. The minimum atomic E-state index is 0.205. The van der Waals surface area contributed by atoms with Crippen molar-refractivity contribution in [2.24, 2.45) is 17.3 Å². The van der Waals surface area contributed by atoms with E-state index in [4.69, 9.17) is 34.7 Å². The maximum absolute atomic E-state index is 5.95. The van der Waals surface area contributed by atoms with Crippen LogP contribution < -0.4 is 11.5 Å². The molecule has 8 heteroatoms. The van der Waals surface area contributed by atoms with E-state index < -0.39 is 0 Å². The van der Waals surface area contributed by atoms with E-state index in [0.717, 1.165) is 0 Å².